The van der Waals surface area contributed by atoms with Gasteiger partial charge in [0.2, 0.25) is 5.91 Å². The highest BCUT2D eigenvalue weighted by Gasteiger charge is 2.11. The summed E-state index contributed by atoms with van der Waals surface area (Å²) in [5.41, 5.74) is 5.77. The second-order valence-corrected chi connectivity index (χ2v) is 4.10. The highest BCUT2D eigenvalue weighted by atomic mass is 16.2. The highest BCUT2D eigenvalue weighted by molar-refractivity contribution is 5.81. The standard InChI is InChI=1S/C12H26N2O/c1-3-5-7-8-9-11(13)12(15)14-10-6-4-2/h11H,3-10,13H2,1-2H3,(H,14,15). The van der Waals surface area contributed by atoms with E-state index in [1.54, 1.807) is 0 Å². The SMILES string of the molecule is CCCCCCC(N)C(=O)NCCCC. The maximum Gasteiger partial charge on any atom is 0.236 e. The van der Waals surface area contributed by atoms with Gasteiger partial charge in [0.15, 0.2) is 0 Å². The van der Waals surface area contributed by atoms with Crippen molar-refractivity contribution in [3.8, 4) is 0 Å². The number of hydrogen-bond donors (Lipinski definition) is 2. The molecule has 15 heavy (non-hydrogen) atoms. The molecule has 0 spiro atoms. The summed E-state index contributed by atoms with van der Waals surface area (Å²) < 4.78 is 0. The van der Waals surface area contributed by atoms with Gasteiger partial charge in [0, 0.05) is 6.54 Å². The summed E-state index contributed by atoms with van der Waals surface area (Å²) in [6.45, 7) is 5.05. The van der Waals surface area contributed by atoms with E-state index in [4.69, 9.17) is 5.73 Å². The molecule has 0 saturated carbocycles. The molecule has 3 heteroatoms. The zero-order valence-corrected chi connectivity index (χ0v) is 10.2. The number of hydrogen-bond acceptors (Lipinski definition) is 2. The molecule has 3 N–H and O–H groups in total. The Kier molecular flexibility index (Phi) is 9.59. The van der Waals surface area contributed by atoms with Crippen LogP contribution in [-0.2, 0) is 4.79 Å². The van der Waals surface area contributed by atoms with Crippen LogP contribution in [0.4, 0.5) is 0 Å². The third-order valence-electron chi connectivity index (χ3n) is 2.54. The maximum absolute atomic E-state index is 11.4. The van der Waals surface area contributed by atoms with Crippen molar-refractivity contribution in [2.45, 2.75) is 64.8 Å². The van der Waals surface area contributed by atoms with E-state index in [2.05, 4.69) is 19.2 Å². The minimum atomic E-state index is -0.307. The molecule has 0 radical (unpaired) electrons. The molecular formula is C12H26N2O. The summed E-state index contributed by atoms with van der Waals surface area (Å²) in [5.74, 6) is 0.0138. The minimum absolute atomic E-state index is 0.0138. The van der Waals surface area contributed by atoms with Crippen molar-refractivity contribution in [1.82, 2.24) is 5.32 Å². The zero-order chi connectivity index (χ0) is 11.5. The lowest BCUT2D eigenvalue weighted by Crippen LogP contribution is -2.40. The monoisotopic (exact) mass is 214 g/mol. The zero-order valence-electron chi connectivity index (χ0n) is 10.2. The number of carbonyl (C=O) groups is 1. The molecule has 0 aromatic carbocycles. The fourth-order valence-electron chi connectivity index (χ4n) is 1.44. The average Bonchev–Trinajstić information content (AvgIpc) is 2.24. The van der Waals surface area contributed by atoms with E-state index in [-0.39, 0.29) is 11.9 Å². The minimum Gasteiger partial charge on any atom is -0.355 e. The van der Waals surface area contributed by atoms with E-state index in [1.165, 1.54) is 19.3 Å². The molecular weight excluding hydrogens is 188 g/mol. The van der Waals surface area contributed by atoms with Crippen LogP contribution in [0.25, 0.3) is 0 Å². The lowest BCUT2D eigenvalue weighted by molar-refractivity contribution is -0.122. The normalized spacial score (nSPS) is 12.5. The number of nitrogens with two attached hydrogens (primary N) is 1. The van der Waals surface area contributed by atoms with Crippen LogP contribution in [0.15, 0.2) is 0 Å². The predicted octanol–water partition coefficient (Wildman–Crippen LogP) is 2.20. The summed E-state index contributed by atoms with van der Waals surface area (Å²) in [7, 11) is 0. The van der Waals surface area contributed by atoms with E-state index in [0.717, 1.165) is 32.2 Å². The molecule has 0 saturated heterocycles. The lowest BCUT2D eigenvalue weighted by atomic mass is 10.1. The smallest absolute Gasteiger partial charge is 0.236 e. The van der Waals surface area contributed by atoms with Crippen molar-refractivity contribution < 1.29 is 4.79 Å². The van der Waals surface area contributed by atoms with Gasteiger partial charge in [-0.05, 0) is 12.8 Å². The molecule has 1 unspecified atom stereocenters. The average molecular weight is 214 g/mol. The fourth-order valence-corrected chi connectivity index (χ4v) is 1.44. The summed E-state index contributed by atoms with van der Waals surface area (Å²) in [6, 6.07) is -0.307. The number of amides is 1. The van der Waals surface area contributed by atoms with Crippen molar-refractivity contribution in [3.63, 3.8) is 0 Å². The summed E-state index contributed by atoms with van der Waals surface area (Å²) >= 11 is 0. The Morgan fingerprint density at radius 1 is 1.13 bits per heavy atom. The van der Waals surface area contributed by atoms with Gasteiger partial charge < -0.3 is 11.1 Å². The van der Waals surface area contributed by atoms with Crippen molar-refractivity contribution >= 4 is 5.91 Å². The molecule has 90 valence electrons. The summed E-state index contributed by atoms with van der Waals surface area (Å²) in [6.07, 6.45) is 7.67. The van der Waals surface area contributed by atoms with Crippen molar-refractivity contribution in [2.24, 2.45) is 5.73 Å². The van der Waals surface area contributed by atoms with E-state index in [0.29, 0.717) is 0 Å². The molecule has 0 bridgehead atoms. The number of carbonyl (C=O) groups excluding carboxylic acids is 1. The Morgan fingerprint density at radius 2 is 1.80 bits per heavy atom. The molecule has 0 aromatic rings. The molecule has 0 aliphatic rings. The third kappa shape index (κ3) is 8.43. The lowest BCUT2D eigenvalue weighted by Gasteiger charge is -2.11. The van der Waals surface area contributed by atoms with E-state index < -0.39 is 0 Å². The van der Waals surface area contributed by atoms with Gasteiger partial charge in [-0.15, -0.1) is 0 Å². The first-order chi connectivity index (χ1) is 7.22. The van der Waals surface area contributed by atoms with Crippen LogP contribution in [0, 0.1) is 0 Å². The van der Waals surface area contributed by atoms with Gasteiger partial charge in [-0.25, -0.2) is 0 Å². The Labute approximate surface area is 93.8 Å². The Balaban J connectivity index is 3.42. The van der Waals surface area contributed by atoms with Gasteiger partial charge in [-0.1, -0.05) is 46.0 Å². The van der Waals surface area contributed by atoms with Gasteiger partial charge in [0.25, 0.3) is 0 Å². The van der Waals surface area contributed by atoms with E-state index in [9.17, 15) is 4.79 Å². The van der Waals surface area contributed by atoms with Gasteiger partial charge in [-0.2, -0.15) is 0 Å². The van der Waals surface area contributed by atoms with Crippen LogP contribution in [0.3, 0.4) is 0 Å². The van der Waals surface area contributed by atoms with Crippen LogP contribution >= 0.6 is 0 Å². The van der Waals surface area contributed by atoms with Gasteiger partial charge in [0.1, 0.15) is 0 Å². The molecule has 1 amide bonds. The quantitative estimate of drug-likeness (QED) is 0.578. The maximum atomic E-state index is 11.4. The molecule has 0 heterocycles. The van der Waals surface area contributed by atoms with Crippen molar-refractivity contribution in [2.75, 3.05) is 6.54 Å². The molecule has 0 fully saturated rings. The van der Waals surface area contributed by atoms with Crippen molar-refractivity contribution in [1.29, 1.82) is 0 Å². The molecule has 1 atom stereocenters. The first kappa shape index (κ1) is 14.4. The largest absolute Gasteiger partial charge is 0.355 e. The van der Waals surface area contributed by atoms with Gasteiger partial charge in [-0.3, -0.25) is 4.79 Å². The van der Waals surface area contributed by atoms with Crippen molar-refractivity contribution in [3.05, 3.63) is 0 Å². The third-order valence-corrected chi connectivity index (χ3v) is 2.54. The molecule has 0 rings (SSSR count). The Morgan fingerprint density at radius 3 is 2.40 bits per heavy atom. The molecule has 0 aliphatic heterocycles. The Bertz CT molecular complexity index is 160. The van der Waals surface area contributed by atoms with E-state index >= 15 is 0 Å². The van der Waals surface area contributed by atoms with Crippen LogP contribution in [0.5, 0.6) is 0 Å². The topological polar surface area (TPSA) is 55.1 Å². The first-order valence-electron chi connectivity index (χ1n) is 6.25. The van der Waals surface area contributed by atoms with Crippen LogP contribution < -0.4 is 11.1 Å². The second-order valence-electron chi connectivity index (χ2n) is 4.10. The first-order valence-corrected chi connectivity index (χ1v) is 6.25. The summed E-state index contributed by atoms with van der Waals surface area (Å²) in [4.78, 5) is 11.4. The van der Waals surface area contributed by atoms with Crippen LogP contribution in [0.2, 0.25) is 0 Å². The van der Waals surface area contributed by atoms with Crippen LogP contribution in [0.1, 0.15) is 58.8 Å². The number of rotatable bonds is 9. The molecule has 0 aromatic heterocycles. The fraction of sp³-hybridized carbons (Fsp3) is 0.917. The van der Waals surface area contributed by atoms with Gasteiger partial charge >= 0.3 is 0 Å². The van der Waals surface area contributed by atoms with Gasteiger partial charge in [0.05, 0.1) is 6.04 Å². The number of nitrogens with one attached hydrogen (secondary N) is 1. The predicted molar refractivity (Wildman–Crippen MR) is 64.7 cm³/mol. The Hall–Kier alpha value is -0.570. The molecule has 3 nitrogen and oxygen atoms in total. The van der Waals surface area contributed by atoms with Crippen LogP contribution in [-0.4, -0.2) is 18.5 Å². The highest BCUT2D eigenvalue weighted by Crippen LogP contribution is 2.04. The van der Waals surface area contributed by atoms with E-state index in [1.807, 2.05) is 0 Å². The molecule has 0 aliphatic carbocycles. The summed E-state index contributed by atoms with van der Waals surface area (Å²) in [5, 5.41) is 2.86. The second kappa shape index (κ2) is 9.97. The number of unbranched alkanes of at least 4 members (excludes halogenated alkanes) is 4.